The Kier molecular flexibility index (Phi) is 3.41. The molecule has 1 N–H and O–H groups in total. The minimum absolute atomic E-state index is 0.00260. The summed E-state index contributed by atoms with van der Waals surface area (Å²) in [6.07, 6.45) is 1.17. The first-order valence-electron chi connectivity index (χ1n) is 4.18. The number of aliphatic hydroxyl groups is 1. The van der Waals surface area contributed by atoms with Crippen molar-refractivity contribution in [3.05, 3.63) is 0 Å². The molecule has 1 unspecified atom stereocenters. The number of nitrogens with zero attached hydrogens (tertiary/aromatic N) is 1. The molecule has 2 nitrogen and oxygen atoms in total. The molecule has 1 rings (SSSR count). The first-order valence-corrected chi connectivity index (χ1v) is 4.18. The van der Waals surface area contributed by atoms with Crippen molar-refractivity contribution in [2.45, 2.75) is 13.3 Å². The van der Waals surface area contributed by atoms with Crippen LogP contribution >= 0.6 is 0 Å². The molecule has 1 atom stereocenters. The van der Waals surface area contributed by atoms with E-state index in [4.69, 9.17) is 5.11 Å². The maximum Gasteiger partial charge on any atom is 0.104 e. The molecule has 1 heterocycles. The molecule has 2 heteroatoms. The average Bonchev–Trinajstić information content (AvgIpc) is 2.48. The molecule has 0 aromatic heterocycles. The van der Waals surface area contributed by atoms with Crippen molar-refractivity contribution in [3.8, 4) is 11.8 Å². The van der Waals surface area contributed by atoms with Crippen LogP contribution in [0.15, 0.2) is 0 Å². The molecular formula is C9H15NO. The quantitative estimate of drug-likeness (QED) is 0.548. The van der Waals surface area contributed by atoms with Crippen molar-refractivity contribution in [2.24, 2.45) is 5.92 Å². The minimum Gasteiger partial charge on any atom is -0.384 e. The van der Waals surface area contributed by atoms with Gasteiger partial charge in [0.15, 0.2) is 0 Å². The first-order chi connectivity index (χ1) is 5.36. The van der Waals surface area contributed by atoms with Crippen LogP contribution in [0.5, 0.6) is 0 Å². The third-order valence-corrected chi connectivity index (χ3v) is 2.10. The molecule has 1 aliphatic heterocycles. The topological polar surface area (TPSA) is 23.5 Å². The maximum absolute atomic E-state index is 8.46. The predicted octanol–water partition coefficient (Wildman–Crippen LogP) is 0.324. The Bertz CT molecular complexity index is 168. The highest BCUT2D eigenvalue weighted by Crippen LogP contribution is 2.13. The summed E-state index contributed by atoms with van der Waals surface area (Å²) in [7, 11) is 0. The van der Waals surface area contributed by atoms with E-state index in [9.17, 15) is 0 Å². The van der Waals surface area contributed by atoms with Gasteiger partial charge in [-0.05, 0) is 19.5 Å². The van der Waals surface area contributed by atoms with E-state index < -0.39 is 0 Å². The van der Waals surface area contributed by atoms with Gasteiger partial charge in [0.1, 0.15) is 6.61 Å². The molecule has 0 aromatic rings. The van der Waals surface area contributed by atoms with Crippen LogP contribution in [0, 0.1) is 17.8 Å². The summed E-state index contributed by atoms with van der Waals surface area (Å²) in [6.45, 7) is 5.55. The number of hydrogen-bond acceptors (Lipinski definition) is 2. The van der Waals surface area contributed by atoms with Gasteiger partial charge in [-0.25, -0.2) is 0 Å². The van der Waals surface area contributed by atoms with Crippen LogP contribution in [0.2, 0.25) is 0 Å². The fraction of sp³-hybridized carbons (Fsp3) is 0.778. The fourth-order valence-corrected chi connectivity index (χ4v) is 1.43. The number of likely N-dealkylation sites (tertiary alicyclic amines) is 1. The van der Waals surface area contributed by atoms with Crippen LogP contribution in [-0.2, 0) is 0 Å². The zero-order valence-corrected chi connectivity index (χ0v) is 7.01. The molecule has 1 saturated heterocycles. The van der Waals surface area contributed by atoms with Gasteiger partial charge in [-0.2, -0.15) is 0 Å². The van der Waals surface area contributed by atoms with E-state index in [1.807, 2.05) is 0 Å². The van der Waals surface area contributed by atoms with E-state index in [-0.39, 0.29) is 6.61 Å². The van der Waals surface area contributed by atoms with Gasteiger partial charge >= 0.3 is 0 Å². The van der Waals surface area contributed by atoms with Crippen LogP contribution in [0.3, 0.4) is 0 Å². The molecule has 0 aliphatic carbocycles. The highest BCUT2D eigenvalue weighted by Gasteiger charge is 2.18. The zero-order chi connectivity index (χ0) is 8.10. The number of rotatable bonds is 1. The van der Waals surface area contributed by atoms with E-state index in [2.05, 4.69) is 23.7 Å². The maximum atomic E-state index is 8.46. The predicted molar refractivity (Wildman–Crippen MR) is 45.1 cm³/mol. The number of aliphatic hydroxyl groups excluding tert-OH is 1. The van der Waals surface area contributed by atoms with Crippen LogP contribution in [0.1, 0.15) is 13.3 Å². The van der Waals surface area contributed by atoms with E-state index in [0.717, 1.165) is 13.1 Å². The molecule has 0 spiro atoms. The van der Waals surface area contributed by atoms with Gasteiger partial charge in [0.05, 0.1) is 0 Å². The fourth-order valence-electron chi connectivity index (χ4n) is 1.43. The van der Waals surface area contributed by atoms with Crippen LogP contribution in [0.25, 0.3) is 0 Å². The molecule has 0 bridgehead atoms. The van der Waals surface area contributed by atoms with Crippen molar-refractivity contribution in [2.75, 3.05) is 26.2 Å². The molecule has 62 valence electrons. The summed E-state index contributed by atoms with van der Waals surface area (Å²) in [5.41, 5.74) is 0. The Morgan fingerprint density at radius 1 is 1.64 bits per heavy atom. The van der Waals surface area contributed by atoms with E-state index in [1.54, 1.807) is 0 Å². The molecule has 0 saturated carbocycles. The average molecular weight is 153 g/mol. The molecule has 0 aromatic carbocycles. The SMILES string of the molecule is CCN1CCC(C#CCO)C1. The third-order valence-electron chi connectivity index (χ3n) is 2.10. The van der Waals surface area contributed by atoms with Gasteiger partial charge in [-0.15, -0.1) is 0 Å². The molecule has 1 aliphatic rings. The summed E-state index contributed by atoms with van der Waals surface area (Å²) in [5, 5.41) is 8.46. The van der Waals surface area contributed by atoms with Gasteiger partial charge in [-0.3, -0.25) is 0 Å². The van der Waals surface area contributed by atoms with Crippen LogP contribution < -0.4 is 0 Å². The summed E-state index contributed by atoms with van der Waals surface area (Å²) >= 11 is 0. The smallest absolute Gasteiger partial charge is 0.104 e. The lowest BCUT2D eigenvalue weighted by Crippen LogP contribution is -2.19. The normalized spacial score (nSPS) is 24.7. The highest BCUT2D eigenvalue weighted by molar-refractivity contribution is 5.06. The van der Waals surface area contributed by atoms with Crippen LogP contribution in [0.4, 0.5) is 0 Å². The molecule has 11 heavy (non-hydrogen) atoms. The Labute approximate surface area is 68.2 Å². The Morgan fingerprint density at radius 2 is 2.45 bits per heavy atom. The van der Waals surface area contributed by atoms with Gasteiger partial charge in [0, 0.05) is 12.5 Å². The standard InChI is InChI=1S/C9H15NO/c1-2-10-6-5-9(8-10)4-3-7-11/h9,11H,2,5-8H2,1H3. The van der Waals surface area contributed by atoms with Crippen molar-refractivity contribution < 1.29 is 5.11 Å². The minimum atomic E-state index is 0.00260. The Balaban J connectivity index is 2.29. The van der Waals surface area contributed by atoms with Crippen molar-refractivity contribution in [3.63, 3.8) is 0 Å². The van der Waals surface area contributed by atoms with Gasteiger partial charge in [0.2, 0.25) is 0 Å². The van der Waals surface area contributed by atoms with Crippen molar-refractivity contribution >= 4 is 0 Å². The lowest BCUT2D eigenvalue weighted by Gasteiger charge is -2.09. The Morgan fingerprint density at radius 3 is 3.00 bits per heavy atom. The summed E-state index contributed by atoms with van der Waals surface area (Å²) in [6, 6.07) is 0. The highest BCUT2D eigenvalue weighted by atomic mass is 16.2. The zero-order valence-electron chi connectivity index (χ0n) is 7.01. The monoisotopic (exact) mass is 153 g/mol. The molecular weight excluding hydrogens is 138 g/mol. The molecule has 0 radical (unpaired) electrons. The van der Waals surface area contributed by atoms with Crippen molar-refractivity contribution in [1.29, 1.82) is 0 Å². The number of hydrogen-bond donors (Lipinski definition) is 1. The second kappa shape index (κ2) is 4.38. The van der Waals surface area contributed by atoms with E-state index >= 15 is 0 Å². The van der Waals surface area contributed by atoms with E-state index in [0.29, 0.717) is 5.92 Å². The van der Waals surface area contributed by atoms with Crippen LogP contribution in [-0.4, -0.2) is 36.2 Å². The Hall–Kier alpha value is -0.520. The van der Waals surface area contributed by atoms with E-state index in [1.165, 1.54) is 13.0 Å². The lowest BCUT2D eigenvalue weighted by atomic mass is 10.1. The van der Waals surface area contributed by atoms with Gasteiger partial charge in [0.25, 0.3) is 0 Å². The first kappa shape index (κ1) is 8.58. The third kappa shape index (κ3) is 2.53. The molecule has 0 amide bonds. The summed E-state index contributed by atoms with van der Waals surface area (Å²) in [5.74, 6) is 6.27. The summed E-state index contributed by atoms with van der Waals surface area (Å²) in [4.78, 5) is 2.39. The molecule has 1 fully saturated rings. The second-order valence-electron chi connectivity index (χ2n) is 2.86. The van der Waals surface area contributed by atoms with Crippen molar-refractivity contribution in [1.82, 2.24) is 4.90 Å². The summed E-state index contributed by atoms with van der Waals surface area (Å²) < 4.78 is 0. The largest absolute Gasteiger partial charge is 0.384 e. The van der Waals surface area contributed by atoms with Gasteiger partial charge in [-0.1, -0.05) is 18.8 Å². The van der Waals surface area contributed by atoms with Gasteiger partial charge < -0.3 is 10.0 Å². The lowest BCUT2D eigenvalue weighted by molar-refractivity contribution is 0.348. The second-order valence-corrected chi connectivity index (χ2v) is 2.86.